The number of ether oxygens (including phenoxy) is 1. The summed E-state index contributed by atoms with van der Waals surface area (Å²) in [6.07, 6.45) is 0. The lowest BCUT2D eigenvalue weighted by molar-refractivity contribution is -0.384. The van der Waals surface area contributed by atoms with E-state index in [1.807, 2.05) is 19.9 Å². The van der Waals surface area contributed by atoms with Crippen LogP contribution in [0, 0.1) is 24.0 Å². The van der Waals surface area contributed by atoms with E-state index in [0.29, 0.717) is 16.3 Å². The second kappa shape index (κ2) is 6.77. The Kier molecular flexibility index (Phi) is 4.52. The number of carbonyl (C=O) groups excluding carboxylic acids is 1. The maximum absolute atomic E-state index is 11.9. The predicted molar refractivity (Wildman–Crippen MR) is 89.5 cm³/mol. The fourth-order valence-electron chi connectivity index (χ4n) is 2.12. The molecule has 0 atom stereocenters. The third kappa shape index (κ3) is 3.86. The highest BCUT2D eigenvalue weighted by Crippen LogP contribution is 2.17. The van der Waals surface area contributed by atoms with Crippen molar-refractivity contribution in [1.82, 2.24) is 13.8 Å². The van der Waals surface area contributed by atoms with Crippen molar-refractivity contribution in [3.05, 3.63) is 56.6 Å². The summed E-state index contributed by atoms with van der Waals surface area (Å²) in [4.78, 5) is 34.7. The zero-order chi connectivity index (χ0) is 18.0. The minimum Gasteiger partial charge on any atom is -0.484 e. The van der Waals surface area contributed by atoms with E-state index in [2.05, 4.69) is 15.0 Å². The molecule has 3 rings (SSSR count). The number of amides is 1. The van der Waals surface area contributed by atoms with Crippen molar-refractivity contribution in [1.29, 1.82) is 0 Å². The number of nitro benzene ring substituents is 1. The SMILES string of the molecule is Cc1cc(C)n2sc(=NC(=O)COc3ccc([N+](=O)[O-])cc3)nc2n1. The van der Waals surface area contributed by atoms with E-state index < -0.39 is 10.8 Å². The van der Waals surface area contributed by atoms with Crippen molar-refractivity contribution in [2.24, 2.45) is 4.99 Å². The van der Waals surface area contributed by atoms with Gasteiger partial charge in [0.2, 0.25) is 10.6 Å². The van der Waals surface area contributed by atoms with E-state index in [1.54, 1.807) is 3.79 Å². The summed E-state index contributed by atoms with van der Waals surface area (Å²) < 4.78 is 7.07. The summed E-state index contributed by atoms with van der Waals surface area (Å²) in [5.74, 6) is 0.332. The fraction of sp³-hybridized carbons (Fsp3) is 0.200. The van der Waals surface area contributed by atoms with Crippen LogP contribution in [-0.2, 0) is 4.79 Å². The molecule has 128 valence electrons. The molecule has 25 heavy (non-hydrogen) atoms. The van der Waals surface area contributed by atoms with Crippen LogP contribution >= 0.6 is 11.5 Å². The molecule has 0 radical (unpaired) electrons. The van der Waals surface area contributed by atoms with E-state index in [9.17, 15) is 14.9 Å². The number of aryl methyl sites for hydroxylation is 2. The van der Waals surface area contributed by atoms with Crippen LogP contribution in [0.1, 0.15) is 11.4 Å². The third-order valence-corrected chi connectivity index (χ3v) is 4.17. The van der Waals surface area contributed by atoms with Crippen LogP contribution in [0.3, 0.4) is 0 Å². The molecule has 0 spiro atoms. The number of hydrogen-bond acceptors (Lipinski definition) is 7. The molecule has 0 aliphatic rings. The van der Waals surface area contributed by atoms with Gasteiger partial charge in [0.25, 0.3) is 11.6 Å². The Morgan fingerprint density at radius 3 is 2.72 bits per heavy atom. The fourth-order valence-corrected chi connectivity index (χ4v) is 2.91. The summed E-state index contributed by atoms with van der Waals surface area (Å²) in [5, 5.41) is 10.6. The molecule has 2 aromatic heterocycles. The Bertz CT molecular complexity index is 1020. The second-order valence-corrected chi connectivity index (χ2v) is 6.08. The molecular formula is C15H13N5O4S. The van der Waals surface area contributed by atoms with Crippen molar-refractivity contribution in [3.63, 3.8) is 0 Å². The zero-order valence-corrected chi connectivity index (χ0v) is 14.2. The summed E-state index contributed by atoms with van der Waals surface area (Å²) in [6, 6.07) is 7.37. The van der Waals surface area contributed by atoms with Crippen LogP contribution in [0.15, 0.2) is 35.3 Å². The zero-order valence-electron chi connectivity index (χ0n) is 13.4. The van der Waals surface area contributed by atoms with E-state index in [4.69, 9.17) is 4.74 Å². The Balaban J connectivity index is 1.72. The van der Waals surface area contributed by atoms with Crippen LogP contribution in [0.2, 0.25) is 0 Å². The molecule has 1 aromatic carbocycles. The first-order chi connectivity index (χ1) is 11.9. The van der Waals surface area contributed by atoms with Crippen LogP contribution < -0.4 is 9.54 Å². The topological polar surface area (TPSA) is 112 Å². The Morgan fingerprint density at radius 2 is 2.04 bits per heavy atom. The van der Waals surface area contributed by atoms with Crippen LogP contribution in [0.5, 0.6) is 5.75 Å². The van der Waals surface area contributed by atoms with Gasteiger partial charge in [-0.1, -0.05) is 0 Å². The average Bonchev–Trinajstić information content (AvgIpc) is 2.96. The van der Waals surface area contributed by atoms with E-state index >= 15 is 0 Å². The van der Waals surface area contributed by atoms with Gasteiger partial charge in [0.15, 0.2) is 6.61 Å². The lowest BCUT2D eigenvalue weighted by Crippen LogP contribution is -2.13. The van der Waals surface area contributed by atoms with Gasteiger partial charge in [-0.25, -0.2) is 8.77 Å². The van der Waals surface area contributed by atoms with Gasteiger partial charge >= 0.3 is 0 Å². The lowest BCUT2D eigenvalue weighted by Gasteiger charge is -2.02. The van der Waals surface area contributed by atoms with Gasteiger partial charge in [-0.3, -0.25) is 14.9 Å². The van der Waals surface area contributed by atoms with Crippen molar-refractivity contribution < 1.29 is 14.5 Å². The molecule has 10 heteroatoms. The van der Waals surface area contributed by atoms with Crippen molar-refractivity contribution in [2.45, 2.75) is 13.8 Å². The Hall–Kier alpha value is -3.14. The van der Waals surface area contributed by atoms with E-state index in [1.165, 1.54) is 35.8 Å². The second-order valence-electron chi connectivity index (χ2n) is 5.16. The number of hydrogen-bond donors (Lipinski definition) is 0. The summed E-state index contributed by atoms with van der Waals surface area (Å²) >= 11 is 1.21. The van der Waals surface area contributed by atoms with Gasteiger partial charge in [0.1, 0.15) is 5.75 Å². The van der Waals surface area contributed by atoms with Crippen molar-refractivity contribution in [2.75, 3.05) is 6.61 Å². The monoisotopic (exact) mass is 359 g/mol. The number of nitrogens with zero attached hydrogens (tertiary/aromatic N) is 5. The molecule has 0 saturated carbocycles. The first kappa shape index (κ1) is 16.7. The van der Waals surface area contributed by atoms with Crippen LogP contribution in [0.4, 0.5) is 5.69 Å². The van der Waals surface area contributed by atoms with Crippen molar-refractivity contribution >= 4 is 28.9 Å². The lowest BCUT2D eigenvalue weighted by atomic mass is 10.3. The number of non-ortho nitro benzene ring substituents is 1. The average molecular weight is 359 g/mol. The number of rotatable bonds is 4. The molecule has 1 amide bonds. The highest BCUT2D eigenvalue weighted by atomic mass is 32.1. The number of carbonyl (C=O) groups is 1. The van der Waals surface area contributed by atoms with Gasteiger partial charge in [-0.15, -0.1) is 0 Å². The number of benzene rings is 1. The molecule has 0 aliphatic carbocycles. The van der Waals surface area contributed by atoms with Gasteiger partial charge in [0, 0.05) is 23.5 Å². The number of fused-ring (bicyclic) bond motifs is 1. The highest BCUT2D eigenvalue weighted by Gasteiger charge is 2.08. The van der Waals surface area contributed by atoms with E-state index in [-0.39, 0.29) is 12.3 Å². The van der Waals surface area contributed by atoms with Gasteiger partial charge in [-0.05, 0) is 43.6 Å². The molecule has 0 fully saturated rings. The van der Waals surface area contributed by atoms with Gasteiger partial charge < -0.3 is 4.74 Å². The number of aromatic nitrogens is 3. The first-order valence-electron chi connectivity index (χ1n) is 7.21. The molecule has 2 heterocycles. The largest absolute Gasteiger partial charge is 0.484 e. The predicted octanol–water partition coefficient (Wildman–Crippen LogP) is 1.82. The molecule has 0 aliphatic heterocycles. The van der Waals surface area contributed by atoms with Gasteiger partial charge in [0.05, 0.1) is 4.92 Å². The Morgan fingerprint density at radius 1 is 1.32 bits per heavy atom. The Labute approximate surface area is 145 Å². The maximum atomic E-state index is 11.9. The molecule has 0 unspecified atom stereocenters. The first-order valence-corrected chi connectivity index (χ1v) is 7.99. The standard InChI is InChI=1S/C15H13N5O4S/c1-9-7-10(2)19-14(16-9)18-15(25-19)17-13(21)8-24-12-5-3-11(4-6-12)20(22)23/h3-7H,8H2,1-2H3. The molecule has 0 N–H and O–H groups in total. The van der Waals surface area contributed by atoms with Gasteiger partial charge in [-0.2, -0.15) is 9.98 Å². The minimum absolute atomic E-state index is 0.0481. The highest BCUT2D eigenvalue weighted by molar-refractivity contribution is 7.03. The number of nitro groups is 1. The van der Waals surface area contributed by atoms with E-state index in [0.717, 1.165) is 11.4 Å². The normalized spacial score (nSPS) is 11.7. The molecule has 3 aromatic rings. The third-order valence-electron chi connectivity index (χ3n) is 3.19. The summed E-state index contributed by atoms with van der Waals surface area (Å²) in [5.41, 5.74) is 1.74. The molecular weight excluding hydrogens is 346 g/mol. The summed E-state index contributed by atoms with van der Waals surface area (Å²) in [6.45, 7) is 3.50. The maximum Gasteiger partial charge on any atom is 0.286 e. The minimum atomic E-state index is -0.507. The quantitative estimate of drug-likeness (QED) is 0.519. The van der Waals surface area contributed by atoms with Crippen LogP contribution in [-0.4, -0.2) is 31.2 Å². The van der Waals surface area contributed by atoms with Crippen molar-refractivity contribution in [3.8, 4) is 5.75 Å². The summed E-state index contributed by atoms with van der Waals surface area (Å²) in [7, 11) is 0. The van der Waals surface area contributed by atoms with Crippen LogP contribution in [0.25, 0.3) is 5.78 Å². The molecule has 0 saturated heterocycles. The molecule has 0 bridgehead atoms. The smallest absolute Gasteiger partial charge is 0.286 e. The molecule has 9 nitrogen and oxygen atoms in total.